The Labute approximate surface area is 125 Å². The molecule has 0 radical (unpaired) electrons. The van der Waals surface area contributed by atoms with Crippen LogP contribution in [0.4, 0.5) is 0 Å². The fourth-order valence-corrected chi connectivity index (χ4v) is 3.47. The lowest BCUT2D eigenvalue weighted by molar-refractivity contribution is -0.122. The molecule has 1 aliphatic carbocycles. The number of nitrogens with one attached hydrogen (secondary N) is 2. The Balaban J connectivity index is 1.52. The Kier molecular flexibility index (Phi) is 4.56. The van der Waals surface area contributed by atoms with Crippen molar-refractivity contribution in [2.45, 2.75) is 56.7 Å². The summed E-state index contributed by atoms with van der Waals surface area (Å²) in [6.45, 7) is 1.07. The van der Waals surface area contributed by atoms with Crippen LogP contribution in [0.5, 0.6) is 0 Å². The molecule has 1 saturated heterocycles. The molecule has 1 unspecified atom stereocenters. The highest BCUT2D eigenvalue weighted by Crippen LogP contribution is 2.31. The van der Waals surface area contributed by atoms with Gasteiger partial charge in [0.25, 0.3) is 0 Å². The van der Waals surface area contributed by atoms with Crippen molar-refractivity contribution in [1.29, 1.82) is 0 Å². The Morgan fingerprint density at radius 2 is 2.19 bits per heavy atom. The Bertz CT molecular complexity index is 497. The van der Waals surface area contributed by atoms with Crippen molar-refractivity contribution >= 4 is 5.91 Å². The minimum Gasteiger partial charge on any atom is -0.390 e. The van der Waals surface area contributed by atoms with Crippen LogP contribution in [0.1, 0.15) is 49.3 Å². The fraction of sp³-hybridized carbons (Fsp3) is 0.588. The molecule has 21 heavy (non-hydrogen) atoms. The maximum absolute atomic E-state index is 12.1. The van der Waals surface area contributed by atoms with Crippen LogP contribution in [0, 0.1) is 0 Å². The van der Waals surface area contributed by atoms with E-state index in [1.54, 1.807) is 0 Å². The third-order valence-electron chi connectivity index (χ3n) is 4.65. The fourth-order valence-electron chi connectivity index (χ4n) is 3.47. The zero-order valence-electron chi connectivity index (χ0n) is 12.3. The minimum atomic E-state index is -0.501. The topological polar surface area (TPSA) is 61.4 Å². The second kappa shape index (κ2) is 6.58. The van der Waals surface area contributed by atoms with Crippen LogP contribution in [0.3, 0.4) is 0 Å². The molecule has 1 aromatic carbocycles. The van der Waals surface area contributed by atoms with Gasteiger partial charge in [0.15, 0.2) is 0 Å². The summed E-state index contributed by atoms with van der Waals surface area (Å²) in [4.78, 5) is 12.1. The van der Waals surface area contributed by atoms with E-state index < -0.39 is 6.10 Å². The highest BCUT2D eigenvalue weighted by Gasteiger charge is 2.31. The largest absolute Gasteiger partial charge is 0.390 e. The van der Waals surface area contributed by atoms with E-state index in [9.17, 15) is 9.90 Å². The van der Waals surface area contributed by atoms with E-state index in [2.05, 4.69) is 10.6 Å². The highest BCUT2D eigenvalue weighted by atomic mass is 16.3. The molecule has 4 heteroatoms. The van der Waals surface area contributed by atoms with Gasteiger partial charge in [-0.1, -0.05) is 30.7 Å². The van der Waals surface area contributed by atoms with Gasteiger partial charge in [-0.2, -0.15) is 0 Å². The quantitative estimate of drug-likeness (QED) is 0.790. The molecule has 3 N–H and O–H groups in total. The monoisotopic (exact) mass is 288 g/mol. The molecule has 3 atom stereocenters. The van der Waals surface area contributed by atoms with Crippen molar-refractivity contribution in [3.8, 4) is 0 Å². The van der Waals surface area contributed by atoms with Crippen molar-refractivity contribution in [2.75, 3.05) is 6.54 Å². The lowest BCUT2D eigenvalue weighted by Crippen LogP contribution is -2.37. The summed E-state index contributed by atoms with van der Waals surface area (Å²) in [5, 5.41) is 16.6. The third-order valence-corrected chi connectivity index (χ3v) is 4.65. The van der Waals surface area contributed by atoms with Gasteiger partial charge < -0.3 is 15.7 Å². The standard InChI is InChI=1S/C17H24N2O2/c20-15-11-12-5-1-2-7-14(12)17(15)19-16(21)9-8-13-6-3-4-10-18-13/h1-2,5,7,13,15,17-18,20H,3-4,6,8-11H2,(H,19,21)/t13?,15-,17+/m1/s1. The molecule has 1 aliphatic heterocycles. The van der Waals surface area contributed by atoms with Gasteiger partial charge in [-0.15, -0.1) is 0 Å². The van der Waals surface area contributed by atoms with Gasteiger partial charge in [0, 0.05) is 18.9 Å². The molecular weight excluding hydrogens is 264 g/mol. The van der Waals surface area contributed by atoms with Gasteiger partial charge in [0.05, 0.1) is 12.1 Å². The summed E-state index contributed by atoms with van der Waals surface area (Å²) >= 11 is 0. The summed E-state index contributed by atoms with van der Waals surface area (Å²) in [6, 6.07) is 8.20. The molecule has 1 fully saturated rings. The van der Waals surface area contributed by atoms with E-state index >= 15 is 0 Å². The van der Waals surface area contributed by atoms with Gasteiger partial charge in [0.2, 0.25) is 5.91 Å². The van der Waals surface area contributed by atoms with Crippen molar-refractivity contribution in [3.63, 3.8) is 0 Å². The first-order chi connectivity index (χ1) is 10.2. The maximum atomic E-state index is 12.1. The first-order valence-electron chi connectivity index (χ1n) is 8.02. The zero-order valence-corrected chi connectivity index (χ0v) is 12.3. The zero-order chi connectivity index (χ0) is 14.7. The van der Waals surface area contributed by atoms with E-state index in [-0.39, 0.29) is 11.9 Å². The van der Waals surface area contributed by atoms with Crippen molar-refractivity contribution in [3.05, 3.63) is 35.4 Å². The van der Waals surface area contributed by atoms with Crippen LogP contribution < -0.4 is 10.6 Å². The normalized spacial score (nSPS) is 28.1. The summed E-state index contributed by atoms with van der Waals surface area (Å²) in [5.41, 5.74) is 2.21. The average Bonchev–Trinajstić information content (AvgIpc) is 2.82. The van der Waals surface area contributed by atoms with Gasteiger partial charge in [-0.25, -0.2) is 0 Å². The number of rotatable bonds is 4. The predicted octanol–water partition coefficient (Wildman–Crippen LogP) is 1.68. The molecule has 0 saturated carbocycles. The Morgan fingerprint density at radius 1 is 1.33 bits per heavy atom. The van der Waals surface area contributed by atoms with Crippen LogP contribution in [0.25, 0.3) is 0 Å². The van der Waals surface area contributed by atoms with Crippen LogP contribution in [0.2, 0.25) is 0 Å². The lowest BCUT2D eigenvalue weighted by Gasteiger charge is -2.24. The average molecular weight is 288 g/mol. The van der Waals surface area contributed by atoms with Gasteiger partial charge in [-0.05, 0) is 36.9 Å². The van der Waals surface area contributed by atoms with Crippen LogP contribution in [-0.4, -0.2) is 29.7 Å². The molecule has 0 spiro atoms. The molecule has 3 rings (SSSR count). The Morgan fingerprint density at radius 3 is 3.00 bits per heavy atom. The summed E-state index contributed by atoms with van der Waals surface area (Å²) in [7, 11) is 0. The molecule has 114 valence electrons. The number of amides is 1. The second-order valence-corrected chi connectivity index (χ2v) is 6.20. The highest BCUT2D eigenvalue weighted by molar-refractivity contribution is 5.76. The van der Waals surface area contributed by atoms with E-state index in [4.69, 9.17) is 0 Å². The molecular formula is C17H24N2O2. The number of benzene rings is 1. The van der Waals surface area contributed by atoms with Crippen LogP contribution >= 0.6 is 0 Å². The third kappa shape index (κ3) is 3.44. The number of piperidine rings is 1. The smallest absolute Gasteiger partial charge is 0.220 e. The van der Waals surface area contributed by atoms with Gasteiger partial charge >= 0.3 is 0 Å². The van der Waals surface area contributed by atoms with E-state index in [1.807, 2.05) is 24.3 Å². The minimum absolute atomic E-state index is 0.0446. The number of fused-ring (bicyclic) bond motifs is 1. The molecule has 2 aliphatic rings. The molecule has 1 heterocycles. The number of carbonyl (C=O) groups is 1. The van der Waals surface area contributed by atoms with E-state index in [1.165, 1.54) is 19.3 Å². The summed E-state index contributed by atoms with van der Waals surface area (Å²) in [5.74, 6) is 0.0446. The second-order valence-electron chi connectivity index (χ2n) is 6.20. The molecule has 4 nitrogen and oxygen atoms in total. The predicted molar refractivity (Wildman–Crippen MR) is 81.9 cm³/mol. The first-order valence-corrected chi connectivity index (χ1v) is 8.02. The summed E-state index contributed by atoms with van der Waals surface area (Å²) < 4.78 is 0. The van der Waals surface area contributed by atoms with Crippen LogP contribution in [-0.2, 0) is 11.2 Å². The number of hydrogen-bond donors (Lipinski definition) is 3. The van der Waals surface area contributed by atoms with Crippen LogP contribution in [0.15, 0.2) is 24.3 Å². The lowest BCUT2D eigenvalue weighted by atomic mass is 10.00. The molecule has 0 bridgehead atoms. The Hall–Kier alpha value is -1.39. The first kappa shape index (κ1) is 14.5. The van der Waals surface area contributed by atoms with Crippen molar-refractivity contribution in [2.24, 2.45) is 0 Å². The molecule has 1 amide bonds. The van der Waals surface area contributed by atoms with Crippen molar-refractivity contribution < 1.29 is 9.90 Å². The van der Waals surface area contributed by atoms with Gasteiger partial charge in [0.1, 0.15) is 0 Å². The SMILES string of the molecule is O=C(CCC1CCCCN1)N[C@H]1c2ccccc2C[C@H]1O. The molecule has 0 aromatic heterocycles. The van der Waals surface area contributed by atoms with Gasteiger partial charge in [-0.3, -0.25) is 4.79 Å². The van der Waals surface area contributed by atoms with E-state index in [0.717, 1.165) is 24.1 Å². The van der Waals surface area contributed by atoms with Crippen molar-refractivity contribution in [1.82, 2.24) is 10.6 Å². The number of carbonyl (C=O) groups excluding carboxylic acids is 1. The number of aliphatic hydroxyl groups excluding tert-OH is 1. The number of hydrogen-bond acceptors (Lipinski definition) is 3. The maximum Gasteiger partial charge on any atom is 0.220 e. The van der Waals surface area contributed by atoms with E-state index in [0.29, 0.717) is 18.9 Å². The summed E-state index contributed by atoms with van der Waals surface area (Å²) in [6.07, 6.45) is 5.22. The number of aliphatic hydroxyl groups is 1. The molecule has 1 aromatic rings.